The molecule has 3 rings (SSSR count). The minimum Gasteiger partial charge on any atom is -0.481 e. The number of amides is 1. The Morgan fingerprint density at radius 1 is 1.16 bits per heavy atom. The van der Waals surface area contributed by atoms with Crippen molar-refractivity contribution in [1.82, 2.24) is 15.1 Å². The van der Waals surface area contributed by atoms with Gasteiger partial charge in [-0.2, -0.15) is 13.2 Å². The number of carbonyl (C=O) groups excluding carboxylic acids is 1. The molecule has 0 spiro atoms. The number of nitrogens with one attached hydrogen (secondary N) is 2. The minimum atomic E-state index is -4.92. The van der Waals surface area contributed by atoms with Crippen molar-refractivity contribution in [1.29, 1.82) is 0 Å². The maximum absolute atomic E-state index is 13.7. The number of carboxylic acids is 1. The number of hydrogen-bond donors (Lipinski definition) is 3. The van der Waals surface area contributed by atoms with E-state index in [1.165, 1.54) is 12.1 Å². The summed E-state index contributed by atoms with van der Waals surface area (Å²) in [6.07, 6.45) is -5.89. The quantitative estimate of drug-likeness (QED) is 0.474. The summed E-state index contributed by atoms with van der Waals surface area (Å²) in [7, 11) is 0. The molecule has 0 saturated heterocycles. The van der Waals surface area contributed by atoms with E-state index >= 15 is 0 Å². The largest absolute Gasteiger partial charge is 0.481 e. The number of carbonyl (C=O) groups is 2. The van der Waals surface area contributed by atoms with Crippen LogP contribution >= 0.6 is 11.6 Å². The standard InChI is InChI=1S/C20H14ClF4N3O4/c21-13-3-1-2-4-16(13)28-17(29)8-15(27-28)19(32)26-14(9-18(30)31)11-7-10(22)5-6-12(11)20(23,24)25/h1-8,14,27H,9H2,(H,26,32)(H,30,31). The van der Waals surface area contributed by atoms with Gasteiger partial charge in [0.1, 0.15) is 11.5 Å². The number of halogens is 5. The Kier molecular flexibility index (Phi) is 6.40. The highest BCUT2D eigenvalue weighted by molar-refractivity contribution is 6.32. The number of nitrogens with zero attached hydrogens (tertiary/aromatic N) is 1. The Morgan fingerprint density at radius 2 is 1.84 bits per heavy atom. The SMILES string of the molecule is O=C(O)CC(NC(=O)c1cc(=O)n(-c2ccccc2Cl)[nH]1)c1cc(F)ccc1C(F)(F)F. The summed E-state index contributed by atoms with van der Waals surface area (Å²) in [5.41, 5.74) is -2.91. The van der Waals surface area contributed by atoms with Gasteiger partial charge in [-0.1, -0.05) is 23.7 Å². The molecule has 12 heteroatoms. The number of aliphatic carboxylic acids is 1. The highest BCUT2D eigenvalue weighted by Crippen LogP contribution is 2.36. The monoisotopic (exact) mass is 471 g/mol. The van der Waals surface area contributed by atoms with E-state index < -0.39 is 53.0 Å². The predicted molar refractivity (Wildman–Crippen MR) is 105 cm³/mol. The molecule has 0 radical (unpaired) electrons. The van der Waals surface area contributed by atoms with Crippen molar-refractivity contribution < 1.29 is 32.3 Å². The van der Waals surface area contributed by atoms with Crippen LogP contribution in [0.4, 0.5) is 17.6 Å². The predicted octanol–water partition coefficient (Wildman–Crippen LogP) is 3.92. The molecule has 0 saturated carbocycles. The van der Waals surface area contributed by atoms with E-state index in [4.69, 9.17) is 16.7 Å². The molecule has 0 aliphatic heterocycles. The summed E-state index contributed by atoms with van der Waals surface area (Å²) in [5, 5.41) is 13.9. The van der Waals surface area contributed by atoms with E-state index in [9.17, 15) is 31.9 Å². The van der Waals surface area contributed by atoms with Gasteiger partial charge in [-0.25, -0.2) is 9.07 Å². The third-order valence-electron chi connectivity index (χ3n) is 4.44. The van der Waals surface area contributed by atoms with Crippen LogP contribution in [-0.2, 0) is 11.0 Å². The Balaban J connectivity index is 1.98. The first kappa shape index (κ1) is 23.1. The van der Waals surface area contributed by atoms with Gasteiger partial charge in [0.05, 0.1) is 28.7 Å². The fourth-order valence-electron chi connectivity index (χ4n) is 3.05. The van der Waals surface area contributed by atoms with Gasteiger partial charge in [-0.05, 0) is 35.9 Å². The van der Waals surface area contributed by atoms with Gasteiger partial charge >= 0.3 is 12.1 Å². The molecule has 168 valence electrons. The normalized spacial score (nSPS) is 12.4. The lowest BCUT2D eigenvalue weighted by Gasteiger charge is -2.21. The number of rotatable bonds is 6. The minimum absolute atomic E-state index is 0.182. The lowest BCUT2D eigenvalue weighted by atomic mass is 9.97. The van der Waals surface area contributed by atoms with Crippen molar-refractivity contribution in [3.63, 3.8) is 0 Å². The molecule has 32 heavy (non-hydrogen) atoms. The highest BCUT2D eigenvalue weighted by atomic mass is 35.5. The van der Waals surface area contributed by atoms with Gasteiger partial charge < -0.3 is 10.4 Å². The zero-order valence-electron chi connectivity index (χ0n) is 15.9. The zero-order chi connectivity index (χ0) is 23.6. The molecular formula is C20H14ClF4N3O4. The number of para-hydroxylation sites is 1. The fourth-order valence-corrected chi connectivity index (χ4v) is 3.27. The van der Waals surface area contributed by atoms with Gasteiger partial charge in [0, 0.05) is 6.07 Å². The molecule has 0 aliphatic carbocycles. The van der Waals surface area contributed by atoms with Gasteiger partial charge in [-0.3, -0.25) is 19.5 Å². The molecule has 1 atom stereocenters. The van der Waals surface area contributed by atoms with Crippen LogP contribution in [0.3, 0.4) is 0 Å². The second-order valence-electron chi connectivity index (χ2n) is 6.65. The Morgan fingerprint density at radius 3 is 2.47 bits per heavy atom. The first-order chi connectivity index (χ1) is 15.0. The van der Waals surface area contributed by atoms with E-state index in [0.29, 0.717) is 18.2 Å². The van der Waals surface area contributed by atoms with E-state index in [1.54, 1.807) is 12.1 Å². The smallest absolute Gasteiger partial charge is 0.416 e. The van der Waals surface area contributed by atoms with E-state index in [2.05, 4.69) is 10.4 Å². The third-order valence-corrected chi connectivity index (χ3v) is 4.76. The van der Waals surface area contributed by atoms with Crippen molar-refractivity contribution in [2.24, 2.45) is 0 Å². The van der Waals surface area contributed by atoms with Crippen molar-refractivity contribution in [3.8, 4) is 5.69 Å². The van der Waals surface area contributed by atoms with Crippen LogP contribution < -0.4 is 10.9 Å². The van der Waals surface area contributed by atoms with E-state index in [0.717, 1.165) is 10.7 Å². The van der Waals surface area contributed by atoms with Gasteiger partial charge in [0.15, 0.2) is 0 Å². The Bertz CT molecular complexity index is 1240. The average molecular weight is 472 g/mol. The molecule has 1 aromatic heterocycles. The number of alkyl halides is 3. The summed E-state index contributed by atoms with van der Waals surface area (Å²) in [5.74, 6) is -3.65. The van der Waals surface area contributed by atoms with Gasteiger partial charge in [-0.15, -0.1) is 0 Å². The van der Waals surface area contributed by atoms with Gasteiger partial charge in [0.2, 0.25) is 0 Å². The van der Waals surface area contributed by atoms with Crippen LogP contribution in [0, 0.1) is 5.82 Å². The summed E-state index contributed by atoms with van der Waals surface area (Å²) >= 11 is 6.03. The number of carboxylic acid groups (broad SMARTS) is 1. The number of aromatic nitrogens is 2. The summed E-state index contributed by atoms with van der Waals surface area (Å²) in [6.45, 7) is 0. The number of H-pyrrole nitrogens is 1. The highest BCUT2D eigenvalue weighted by Gasteiger charge is 2.36. The molecule has 3 aromatic rings. The summed E-state index contributed by atoms with van der Waals surface area (Å²) < 4.78 is 54.7. The maximum Gasteiger partial charge on any atom is 0.416 e. The van der Waals surface area contributed by atoms with Crippen molar-refractivity contribution in [2.45, 2.75) is 18.6 Å². The molecule has 0 fully saturated rings. The lowest BCUT2D eigenvalue weighted by Crippen LogP contribution is -2.32. The molecule has 1 heterocycles. The number of aromatic amines is 1. The van der Waals surface area contributed by atoms with Crippen LogP contribution in [0.1, 0.15) is 34.1 Å². The first-order valence-electron chi connectivity index (χ1n) is 8.93. The average Bonchev–Trinajstić information content (AvgIpc) is 3.08. The van der Waals surface area contributed by atoms with Crippen LogP contribution in [0.5, 0.6) is 0 Å². The second-order valence-corrected chi connectivity index (χ2v) is 7.06. The van der Waals surface area contributed by atoms with E-state index in [-0.39, 0.29) is 16.4 Å². The zero-order valence-corrected chi connectivity index (χ0v) is 16.7. The van der Waals surface area contributed by atoms with Crippen LogP contribution in [-0.4, -0.2) is 26.8 Å². The second kappa shape index (κ2) is 8.87. The van der Waals surface area contributed by atoms with E-state index in [1.807, 2.05) is 0 Å². The topological polar surface area (TPSA) is 104 Å². The van der Waals surface area contributed by atoms with Crippen molar-refractivity contribution >= 4 is 23.5 Å². The maximum atomic E-state index is 13.7. The van der Waals surface area contributed by atoms with Crippen molar-refractivity contribution in [2.75, 3.05) is 0 Å². The first-order valence-corrected chi connectivity index (χ1v) is 9.31. The Hall–Kier alpha value is -3.60. The fraction of sp³-hybridized carbons (Fsp3) is 0.150. The Labute approximate surface area is 182 Å². The molecule has 3 N–H and O–H groups in total. The van der Waals surface area contributed by atoms with Crippen LogP contribution in [0.15, 0.2) is 53.3 Å². The molecule has 1 unspecified atom stereocenters. The molecule has 1 amide bonds. The molecule has 7 nitrogen and oxygen atoms in total. The number of benzene rings is 2. The number of hydrogen-bond acceptors (Lipinski definition) is 3. The third kappa shape index (κ3) is 4.99. The molecular weight excluding hydrogens is 458 g/mol. The molecule has 2 aromatic carbocycles. The summed E-state index contributed by atoms with van der Waals surface area (Å²) in [4.78, 5) is 36.1. The van der Waals surface area contributed by atoms with Gasteiger partial charge in [0.25, 0.3) is 11.5 Å². The summed E-state index contributed by atoms with van der Waals surface area (Å²) in [6, 6.07) is 6.85. The lowest BCUT2D eigenvalue weighted by molar-refractivity contribution is -0.140. The molecule has 0 bridgehead atoms. The molecule has 0 aliphatic rings. The van der Waals surface area contributed by atoms with Crippen molar-refractivity contribution in [3.05, 3.63) is 86.5 Å². The van der Waals surface area contributed by atoms with Crippen LogP contribution in [0.2, 0.25) is 5.02 Å². The van der Waals surface area contributed by atoms with Crippen LogP contribution in [0.25, 0.3) is 5.69 Å².